The summed E-state index contributed by atoms with van der Waals surface area (Å²) in [6.45, 7) is 1.43. The summed E-state index contributed by atoms with van der Waals surface area (Å²) >= 11 is 0. The normalized spacial score (nSPS) is 11.3. The van der Waals surface area contributed by atoms with Crippen LogP contribution in [0.25, 0.3) is 0 Å². The standard InChI is InChI=1S/C12H16F3N3O/c1-8-3-4-9(10(7-8)17-16)11(19)18(2)6-5-12(13,14)15/h3-4,7,17H,5-6,16H2,1-2H3. The van der Waals surface area contributed by atoms with Crippen LogP contribution in [0.2, 0.25) is 0 Å². The number of amides is 1. The number of nitrogens with one attached hydrogen (secondary N) is 1. The smallest absolute Gasteiger partial charge is 0.341 e. The fraction of sp³-hybridized carbons (Fsp3) is 0.417. The third kappa shape index (κ3) is 4.44. The Morgan fingerprint density at radius 2 is 2.05 bits per heavy atom. The number of carbonyl (C=O) groups excluding carboxylic acids is 1. The van der Waals surface area contributed by atoms with Crippen molar-refractivity contribution in [2.24, 2.45) is 5.84 Å². The van der Waals surface area contributed by atoms with Crippen LogP contribution in [-0.4, -0.2) is 30.6 Å². The Morgan fingerprint density at radius 1 is 1.42 bits per heavy atom. The van der Waals surface area contributed by atoms with Gasteiger partial charge in [0.05, 0.1) is 17.7 Å². The van der Waals surface area contributed by atoms with Gasteiger partial charge >= 0.3 is 6.18 Å². The Labute approximate surface area is 109 Å². The lowest BCUT2D eigenvalue weighted by atomic mass is 10.1. The number of nitrogens with two attached hydrogens (primary N) is 1. The molecule has 1 amide bonds. The van der Waals surface area contributed by atoms with Crippen molar-refractivity contribution in [2.75, 3.05) is 19.0 Å². The number of alkyl halides is 3. The maximum Gasteiger partial charge on any atom is 0.390 e. The molecule has 3 N–H and O–H groups in total. The number of nitrogens with zero attached hydrogens (tertiary/aromatic N) is 1. The predicted octanol–water partition coefficient (Wildman–Crippen LogP) is 2.31. The van der Waals surface area contributed by atoms with Gasteiger partial charge in [0.2, 0.25) is 0 Å². The van der Waals surface area contributed by atoms with Gasteiger partial charge in [-0.1, -0.05) is 6.07 Å². The number of carbonyl (C=O) groups is 1. The SMILES string of the molecule is Cc1ccc(C(=O)N(C)CCC(F)(F)F)c(NN)c1. The Morgan fingerprint density at radius 3 is 2.58 bits per heavy atom. The zero-order chi connectivity index (χ0) is 14.6. The summed E-state index contributed by atoms with van der Waals surface area (Å²) in [5.74, 6) is 4.80. The lowest BCUT2D eigenvalue weighted by molar-refractivity contribution is -0.136. The molecule has 0 aliphatic heterocycles. The van der Waals surface area contributed by atoms with E-state index in [-0.39, 0.29) is 12.1 Å². The van der Waals surface area contributed by atoms with Crippen molar-refractivity contribution >= 4 is 11.6 Å². The lowest BCUT2D eigenvalue weighted by Crippen LogP contribution is -2.31. The minimum atomic E-state index is -4.28. The Hall–Kier alpha value is -1.76. The molecular weight excluding hydrogens is 259 g/mol. The zero-order valence-electron chi connectivity index (χ0n) is 10.7. The summed E-state index contributed by atoms with van der Waals surface area (Å²) in [6, 6.07) is 4.90. The highest BCUT2D eigenvalue weighted by atomic mass is 19.4. The highest BCUT2D eigenvalue weighted by Gasteiger charge is 2.28. The molecule has 0 aliphatic carbocycles. The van der Waals surface area contributed by atoms with Crippen LogP contribution in [0.15, 0.2) is 18.2 Å². The molecular formula is C12H16F3N3O. The van der Waals surface area contributed by atoms with E-state index in [9.17, 15) is 18.0 Å². The molecule has 1 aromatic rings. The number of hydrogen-bond acceptors (Lipinski definition) is 3. The second-order valence-corrected chi connectivity index (χ2v) is 4.29. The number of nitrogen functional groups attached to an aromatic ring is 1. The molecule has 0 fully saturated rings. The minimum Gasteiger partial charge on any atom is -0.341 e. The van der Waals surface area contributed by atoms with Crippen LogP contribution in [0.3, 0.4) is 0 Å². The summed E-state index contributed by atoms with van der Waals surface area (Å²) in [5, 5.41) is 0. The predicted molar refractivity (Wildman–Crippen MR) is 66.6 cm³/mol. The molecule has 0 aliphatic rings. The second-order valence-electron chi connectivity index (χ2n) is 4.29. The summed E-state index contributed by atoms with van der Waals surface area (Å²) < 4.78 is 36.3. The van der Waals surface area contributed by atoms with Crippen LogP contribution < -0.4 is 11.3 Å². The average Bonchev–Trinajstić information content (AvgIpc) is 2.34. The van der Waals surface area contributed by atoms with E-state index >= 15 is 0 Å². The van der Waals surface area contributed by atoms with Gasteiger partial charge in [-0.3, -0.25) is 10.6 Å². The molecule has 19 heavy (non-hydrogen) atoms. The average molecular weight is 275 g/mol. The Balaban J connectivity index is 2.82. The lowest BCUT2D eigenvalue weighted by Gasteiger charge is -2.19. The van der Waals surface area contributed by atoms with Gasteiger partial charge in [0, 0.05) is 13.6 Å². The van der Waals surface area contributed by atoms with Gasteiger partial charge in [-0.05, 0) is 24.6 Å². The first kappa shape index (κ1) is 15.3. The highest BCUT2D eigenvalue weighted by molar-refractivity contribution is 5.99. The molecule has 0 unspecified atom stereocenters. The van der Waals surface area contributed by atoms with Crippen molar-refractivity contribution < 1.29 is 18.0 Å². The molecule has 0 spiro atoms. The molecule has 7 heteroatoms. The Kier molecular flexibility index (Phi) is 4.77. The van der Waals surface area contributed by atoms with Crippen molar-refractivity contribution in [3.63, 3.8) is 0 Å². The molecule has 4 nitrogen and oxygen atoms in total. The number of halogens is 3. The summed E-state index contributed by atoms with van der Waals surface area (Å²) in [4.78, 5) is 13.0. The van der Waals surface area contributed by atoms with E-state index in [1.54, 1.807) is 12.1 Å². The molecule has 0 aromatic heterocycles. The van der Waals surface area contributed by atoms with E-state index < -0.39 is 18.5 Å². The van der Waals surface area contributed by atoms with Crippen LogP contribution in [0, 0.1) is 6.92 Å². The molecule has 1 aromatic carbocycles. The van der Waals surface area contributed by atoms with Gasteiger partial charge in [0.15, 0.2) is 0 Å². The highest BCUT2D eigenvalue weighted by Crippen LogP contribution is 2.21. The van der Waals surface area contributed by atoms with E-state index in [2.05, 4.69) is 5.43 Å². The zero-order valence-corrected chi connectivity index (χ0v) is 10.7. The first-order valence-electron chi connectivity index (χ1n) is 5.64. The van der Waals surface area contributed by atoms with Gasteiger partial charge in [-0.25, -0.2) is 0 Å². The van der Waals surface area contributed by atoms with Crippen molar-refractivity contribution in [1.82, 2.24) is 4.90 Å². The van der Waals surface area contributed by atoms with Crippen LogP contribution in [0.4, 0.5) is 18.9 Å². The first-order chi connectivity index (χ1) is 8.74. The molecule has 106 valence electrons. The summed E-state index contributed by atoms with van der Waals surface area (Å²) in [5.41, 5.74) is 3.91. The van der Waals surface area contributed by atoms with Gasteiger partial charge in [-0.2, -0.15) is 13.2 Å². The fourth-order valence-electron chi connectivity index (χ4n) is 1.57. The number of hydrogen-bond donors (Lipinski definition) is 2. The van der Waals surface area contributed by atoms with E-state index in [1.165, 1.54) is 13.1 Å². The molecule has 0 saturated heterocycles. The first-order valence-corrected chi connectivity index (χ1v) is 5.64. The quantitative estimate of drug-likeness (QED) is 0.655. The van der Waals surface area contributed by atoms with Crippen LogP contribution in [0.1, 0.15) is 22.3 Å². The van der Waals surface area contributed by atoms with Crippen molar-refractivity contribution in [3.8, 4) is 0 Å². The molecule has 0 bridgehead atoms. The van der Waals surface area contributed by atoms with E-state index in [1.807, 2.05) is 6.92 Å². The van der Waals surface area contributed by atoms with Crippen LogP contribution >= 0.6 is 0 Å². The number of hydrazine groups is 1. The molecule has 0 saturated carbocycles. The third-order valence-electron chi connectivity index (χ3n) is 2.64. The molecule has 0 radical (unpaired) electrons. The van der Waals surface area contributed by atoms with E-state index in [0.717, 1.165) is 10.5 Å². The van der Waals surface area contributed by atoms with Gasteiger partial charge in [0.25, 0.3) is 5.91 Å². The molecule has 1 rings (SSSR count). The molecule has 0 heterocycles. The van der Waals surface area contributed by atoms with E-state index in [4.69, 9.17) is 5.84 Å². The topological polar surface area (TPSA) is 58.4 Å². The number of anilines is 1. The molecule has 0 atom stereocenters. The van der Waals surface area contributed by atoms with Crippen LogP contribution in [0.5, 0.6) is 0 Å². The van der Waals surface area contributed by atoms with Gasteiger partial charge < -0.3 is 10.3 Å². The second kappa shape index (κ2) is 5.92. The monoisotopic (exact) mass is 275 g/mol. The third-order valence-corrected chi connectivity index (χ3v) is 2.64. The summed E-state index contributed by atoms with van der Waals surface area (Å²) in [6.07, 6.45) is -5.32. The number of aryl methyl sites for hydroxylation is 1. The van der Waals surface area contributed by atoms with Gasteiger partial charge in [0.1, 0.15) is 0 Å². The summed E-state index contributed by atoms with van der Waals surface area (Å²) in [7, 11) is 1.33. The van der Waals surface area contributed by atoms with Gasteiger partial charge in [-0.15, -0.1) is 0 Å². The van der Waals surface area contributed by atoms with Crippen molar-refractivity contribution in [3.05, 3.63) is 29.3 Å². The minimum absolute atomic E-state index is 0.248. The van der Waals surface area contributed by atoms with E-state index in [0.29, 0.717) is 5.69 Å². The fourth-order valence-corrected chi connectivity index (χ4v) is 1.57. The maximum atomic E-state index is 12.1. The van der Waals surface area contributed by atoms with Crippen molar-refractivity contribution in [1.29, 1.82) is 0 Å². The van der Waals surface area contributed by atoms with Crippen molar-refractivity contribution in [2.45, 2.75) is 19.5 Å². The number of benzene rings is 1. The maximum absolute atomic E-state index is 12.1. The number of rotatable bonds is 4. The van der Waals surface area contributed by atoms with Crippen LogP contribution in [-0.2, 0) is 0 Å². The Bertz CT molecular complexity index is 460. The largest absolute Gasteiger partial charge is 0.390 e.